The monoisotopic (exact) mass is 246 g/mol. The van der Waals surface area contributed by atoms with Crippen molar-refractivity contribution in [2.75, 3.05) is 0 Å². The Morgan fingerprint density at radius 2 is 2.17 bits per heavy atom. The molecule has 0 radical (unpaired) electrons. The van der Waals surface area contributed by atoms with Crippen LogP contribution in [0.25, 0.3) is 0 Å². The lowest BCUT2D eigenvalue weighted by Gasteiger charge is -2.45. The molecule has 0 saturated heterocycles. The lowest BCUT2D eigenvalue weighted by atomic mass is 9.74. The second-order valence-corrected chi connectivity index (χ2v) is 6.25. The highest BCUT2D eigenvalue weighted by atomic mass is 16.5. The SMILES string of the molecule is Cc1ccc2c(c1)C(O)CC1(CCCC(C)C1)O2. The van der Waals surface area contributed by atoms with Crippen molar-refractivity contribution in [1.82, 2.24) is 0 Å². The Labute approximate surface area is 109 Å². The molecule has 3 unspecified atom stereocenters. The first-order valence-corrected chi connectivity index (χ1v) is 7.06. The minimum Gasteiger partial charge on any atom is -0.487 e. The average Bonchev–Trinajstić information content (AvgIpc) is 2.30. The first kappa shape index (κ1) is 12.0. The fourth-order valence-electron chi connectivity index (χ4n) is 3.65. The van der Waals surface area contributed by atoms with Crippen LogP contribution in [0.1, 0.15) is 56.3 Å². The first-order valence-electron chi connectivity index (χ1n) is 7.06. The largest absolute Gasteiger partial charge is 0.487 e. The van der Waals surface area contributed by atoms with Crippen molar-refractivity contribution in [3.8, 4) is 5.75 Å². The van der Waals surface area contributed by atoms with Crippen LogP contribution in [-0.2, 0) is 0 Å². The van der Waals surface area contributed by atoms with Crippen molar-refractivity contribution in [2.45, 2.75) is 57.7 Å². The van der Waals surface area contributed by atoms with Gasteiger partial charge >= 0.3 is 0 Å². The van der Waals surface area contributed by atoms with Crippen LogP contribution >= 0.6 is 0 Å². The molecule has 3 rings (SSSR count). The lowest BCUT2D eigenvalue weighted by molar-refractivity contribution is -0.0496. The van der Waals surface area contributed by atoms with E-state index in [-0.39, 0.29) is 11.7 Å². The Morgan fingerprint density at radius 3 is 2.94 bits per heavy atom. The van der Waals surface area contributed by atoms with E-state index in [1.165, 1.54) is 18.4 Å². The van der Waals surface area contributed by atoms with Crippen LogP contribution in [0.3, 0.4) is 0 Å². The Hall–Kier alpha value is -1.02. The van der Waals surface area contributed by atoms with Gasteiger partial charge in [0.2, 0.25) is 0 Å². The molecular weight excluding hydrogens is 224 g/mol. The quantitative estimate of drug-likeness (QED) is 0.755. The minimum absolute atomic E-state index is 0.112. The Balaban J connectivity index is 1.93. The summed E-state index contributed by atoms with van der Waals surface area (Å²) >= 11 is 0. The van der Waals surface area contributed by atoms with Gasteiger partial charge in [-0.1, -0.05) is 25.0 Å². The summed E-state index contributed by atoms with van der Waals surface area (Å²) in [6.45, 7) is 4.35. The first-order chi connectivity index (χ1) is 8.58. The second kappa shape index (κ2) is 4.27. The van der Waals surface area contributed by atoms with E-state index in [1.54, 1.807) is 0 Å². The van der Waals surface area contributed by atoms with E-state index in [0.717, 1.165) is 30.6 Å². The van der Waals surface area contributed by atoms with Gasteiger partial charge in [0.05, 0.1) is 6.10 Å². The average molecular weight is 246 g/mol. The summed E-state index contributed by atoms with van der Waals surface area (Å²) in [6, 6.07) is 6.14. The van der Waals surface area contributed by atoms with Crippen LogP contribution in [0.2, 0.25) is 0 Å². The van der Waals surface area contributed by atoms with E-state index in [0.29, 0.717) is 5.92 Å². The lowest BCUT2D eigenvalue weighted by Crippen LogP contribution is -2.44. The molecule has 1 N–H and O–H groups in total. The summed E-state index contributed by atoms with van der Waals surface area (Å²) < 4.78 is 6.30. The molecular formula is C16H22O2. The zero-order valence-corrected chi connectivity index (χ0v) is 11.3. The van der Waals surface area contributed by atoms with Crippen molar-refractivity contribution in [3.63, 3.8) is 0 Å². The predicted molar refractivity (Wildman–Crippen MR) is 71.7 cm³/mol. The van der Waals surface area contributed by atoms with Gasteiger partial charge in [0.15, 0.2) is 0 Å². The summed E-state index contributed by atoms with van der Waals surface area (Å²) in [5.74, 6) is 1.60. The van der Waals surface area contributed by atoms with E-state index >= 15 is 0 Å². The fourth-order valence-corrected chi connectivity index (χ4v) is 3.65. The van der Waals surface area contributed by atoms with Gasteiger partial charge < -0.3 is 9.84 Å². The molecule has 18 heavy (non-hydrogen) atoms. The van der Waals surface area contributed by atoms with Crippen molar-refractivity contribution in [1.29, 1.82) is 0 Å². The number of fused-ring (bicyclic) bond motifs is 1. The fraction of sp³-hybridized carbons (Fsp3) is 0.625. The maximum Gasteiger partial charge on any atom is 0.125 e. The molecule has 2 nitrogen and oxygen atoms in total. The van der Waals surface area contributed by atoms with Crippen molar-refractivity contribution >= 4 is 0 Å². The number of rotatable bonds is 0. The number of aliphatic hydroxyl groups excluding tert-OH is 1. The van der Waals surface area contributed by atoms with Crippen molar-refractivity contribution in [3.05, 3.63) is 29.3 Å². The van der Waals surface area contributed by atoms with E-state index in [2.05, 4.69) is 26.0 Å². The molecule has 2 aliphatic rings. The summed E-state index contributed by atoms with van der Waals surface area (Å²) in [7, 11) is 0. The molecule has 1 aliphatic carbocycles. The number of aliphatic hydroxyl groups is 1. The standard InChI is InChI=1S/C16H22O2/c1-11-5-6-15-13(8-11)14(17)10-16(18-15)7-3-4-12(2)9-16/h5-6,8,12,14,17H,3-4,7,9-10H2,1-2H3. The molecule has 98 valence electrons. The second-order valence-electron chi connectivity index (χ2n) is 6.25. The third-order valence-corrected chi connectivity index (χ3v) is 4.47. The molecule has 1 heterocycles. The summed E-state index contributed by atoms with van der Waals surface area (Å²) in [5, 5.41) is 10.4. The van der Waals surface area contributed by atoms with Gasteiger partial charge in [-0.15, -0.1) is 0 Å². The smallest absolute Gasteiger partial charge is 0.125 e. The van der Waals surface area contributed by atoms with Crippen LogP contribution < -0.4 is 4.74 Å². The maximum atomic E-state index is 10.4. The molecule has 1 spiro atoms. The number of ether oxygens (including phenoxy) is 1. The predicted octanol–water partition coefficient (Wildman–Crippen LogP) is 3.76. The highest BCUT2D eigenvalue weighted by Crippen LogP contribution is 2.47. The zero-order valence-electron chi connectivity index (χ0n) is 11.3. The number of benzene rings is 1. The van der Waals surface area contributed by atoms with Crippen LogP contribution in [0.4, 0.5) is 0 Å². The summed E-state index contributed by atoms with van der Waals surface area (Å²) in [4.78, 5) is 0. The maximum absolute atomic E-state index is 10.4. The normalized spacial score (nSPS) is 35.1. The van der Waals surface area contributed by atoms with Gasteiger partial charge in [0.25, 0.3) is 0 Å². The minimum atomic E-state index is -0.362. The number of hydrogen-bond acceptors (Lipinski definition) is 2. The molecule has 1 fully saturated rings. The zero-order chi connectivity index (χ0) is 12.8. The van der Waals surface area contributed by atoms with Crippen LogP contribution in [-0.4, -0.2) is 10.7 Å². The van der Waals surface area contributed by atoms with Crippen molar-refractivity contribution in [2.24, 2.45) is 5.92 Å². The van der Waals surface area contributed by atoms with E-state index in [1.807, 2.05) is 6.07 Å². The van der Waals surface area contributed by atoms with Gasteiger partial charge in [-0.05, 0) is 44.2 Å². The Kier molecular flexibility index (Phi) is 2.86. The van der Waals surface area contributed by atoms with E-state index in [9.17, 15) is 5.11 Å². The third kappa shape index (κ3) is 2.03. The highest BCUT2D eigenvalue weighted by molar-refractivity contribution is 5.41. The number of hydrogen-bond donors (Lipinski definition) is 1. The Bertz CT molecular complexity index is 454. The number of aryl methyl sites for hydroxylation is 1. The van der Waals surface area contributed by atoms with Crippen LogP contribution in [0.15, 0.2) is 18.2 Å². The Morgan fingerprint density at radius 1 is 1.33 bits per heavy atom. The topological polar surface area (TPSA) is 29.5 Å². The molecule has 1 aromatic carbocycles. The highest BCUT2D eigenvalue weighted by Gasteiger charge is 2.42. The van der Waals surface area contributed by atoms with Gasteiger partial charge in [-0.2, -0.15) is 0 Å². The van der Waals surface area contributed by atoms with Crippen LogP contribution in [0.5, 0.6) is 5.75 Å². The van der Waals surface area contributed by atoms with Gasteiger partial charge in [-0.3, -0.25) is 0 Å². The molecule has 3 atom stereocenters. The van der Waals surface area contributed by atoms with E-state index in [4.69, 9.17) is 4.74 Å². The molecule has 0 amide bonds. The third-order valence-electron chi connectivity index (χ3n) is 4.47. The molecule has 2 heteroatoms. The molecule has 1 aromatic rings. The van der Waals surface area contributed by atoms with Crippen LogP contribution in [0, 0.1) is 12.8 Å². The van der Waals surface area contributed by atoms with Gasteiger partial charge in [-0.25, -0.2) is 0 Å². The molecule has 1 aliphatic heterocycles. The molecule has 1 saturated carbocycles. The molecule has 0 aromatic heterocycles. The van der Waals surface area contributed by atoms with Gasteiger partial charge in [0, 0.05) is 12.0 Å². The van der Waals surface area contributed by atoms with E-state index < -0.39 is 0 Å². The van der Waals surface area contributed by atoms with Gasteiger partial charge in [0.1, 0.15) is 11.4 Å². The van der Waals surface area contributed by atoms with Crippen molar-refractivity contribution < 1.29 is 9.84 Å². The summed E-state index contributed by atoms with van der Waals surface area (Å²) in [5.41, 5.74) is 2.04. The summed E-state index contributed by atoms with van der Waals surface area (Å²) in [6.07, 6.45) is 5.07. The molecule has 0 bridgehead atoms.